The maximum absolute atomic E-state index is 12.7. The van der Waals surface area contributed by atoms with E-state index in [-0.39, 0.29) is 23.1 Å². The molecule has 1 heterocycles. The van der Waals surface area contributed by atoms with E-state index in [1.807, 2.05) is 0 Å². The zero-order chi connectivity index (χ0) is 21.3. The number of para-hydroxylation sites is 2. The van der Waals surface area contributed by atoms with Gasteiger partial charge in [-0.25, -0.2) is 18.1 Å². The Morgan fingerprint density at radius 1 is 0.900 bits per heavy atom. The van der Waals surface area contributed by atoms with Crippen molar-refractivity contribution in [3.8, 4) is 11.5 Å². The smallest absolute Gasteiger partial charge is 0.266 e. The predicted molar refractivity (Wildman–Crippen MR) is 120 cm³/mol. The van der Waals surface area contributed by atoms with E-state index in [0.717, 1.165) is 0 Å². The van der Waals surface area contributed by atoms with Crippen LogP contribution in [0.25, 0.3) is 0 Å². The summed E-state index contributed by atoms with van der Waals surface area (Å²) < 4.78 is 33.7. The molecule has 0 saturated heterocycles. The largest absolute Gasteiger partial charge is 0.454 e. The second kappa shape index (κ2) is 8.35. The topological polar surface area (TPSA) is 79.8 Å². The first kappa shape index (κ1) is 20.8. The summed E-state index contributed by atoms with van der Waals surface area (Å²) in [5.41, 5.74) is 0.957. The zero-order valence-electron chi connectivity index (χ0n) is 15.2. The van der Waals surface area contributed by atoms with Crippen LogP contribution in [0.3, 0.4) is 0 Å². The fourth-order valence-corrected chi connectivity index (χ4v) is 4.60. The van der Waals surface area contributed by atoms with Crippen molar-refractivity contribution in [3.05, 3.63) is 81.3 Å². The summed E-state index contributed by atoms with van der Waals surface area (Å²) in [6.45, 7) is 0.143. The van der Waals surface area contributed by atoms with E-state index >= 15 is 0 Å². The average Bonchev–Trinajstić information content (AvgIpc) is 2.69. The molecule has 1 aliphatic rings. The number of aliphatic imine (C=N–C) groups is 1. The van der Waals surface area contributed by atoms with Crippen LogP contribution >= 0.6 is 34.8 Å². The Bertz CT molecular complexity index is 1260. The number of ether oxygens (including phenoxy) is 1. The average molecular weight is 483 g/mol. The van der Waals surface area contributed by atoms with Crippen LogP contribution in [-0.2, 0) is 16.6 Å². The lowest BCUT2D eigenvalue weighted by atomic mass is 10.2. The minimum atomic E-state index is -3.85. The van der Waals surface area contributed by atoms with Gasteiger partial charge in [-0.1, -0.05) is 59.1 Å². The Balaban J connectivity index is 1.68. The minimum Gasteiger partial charge on any atom is -0.454 e. The lowest BCUT2D eigenvalue weighted by molar-refractivity contribution is 0.483. The molecule has 0 fully saturated rings. The number of hydrogen-bond donors (Lipinski definition) is 2. The molecule has 10 heteroatoms. The molecule has 154 valence electrons. The molecule has 1 aliphatic heterocycles. The van der Waals surface area contributed by atoms with Crippen LogP contribution in [0.15, 0.2) is 70.6 Å². The van der Waals surface area contributed by atoms with Crippen molar-refractivity contribution >= 4 is 56.5 Å². The van der Waals surface area contributed by atoms with Gasteiger partial charge in [-0.3, -0.25) is 0 Å². The summed E-state index contributed by atoms with van der Waals surface area (Å²) in [4.78, 5) is 4.35. The van der Waals surface area contributed by atoms with Gasteiger partial charge in [0, 0.05) is 10.0 Å². The monoisotopic (exact) mass is 481 g/mol. The highest BCUT2D eigenvalue weighted by atomic mass is 35.5. The first-order valence-electron chi connectivity index (χ1n) is 8.67. The maximum atomic E-state index is 12.7. The van der Waals surface area contributed by atoms with Gasteiger partial charge in [0.05, 0.1) is 11.6 Å². The number of rotatable bonds is 4. The number of nitrogens with one attached hydrogen (secondary N) is 2. The predicted octanol–water partition coefficient (Wildman–Crippen LogP) is 5.70. The van der Waals surface area contributed by atoms with Gasteiger partial charge in [0.1, 0.15) is 16.3 Å². The molecule has 0 saturated carbocycles. The molecule has 3 aromatic carbocycles. The Hall–Kier alpha value is -2.45. The molecule has 0 bridgehead atoms. The number of nitrogens with zero attached hydrogens (tertiary/aromatic N) is 1. The van der Waals surface area contributed by atoms with Crippen LogP contribution in [0, 0.1) is 0 Å². The fraction of sp³-hybridized carbons (Fsp3) is 0.0500. The standard InChI is InChI=1S/C20H14Cl3N3O3S/c21-13-9-8-12(15(23)10-13)11-24-20-25-19-17(29-16-5-2-1-4-14(16)22)6-3-7-18(19)30(27,28)26-20/h1-10H,11H2,(H2,24,25,26). The Labute approximate surface area is 188 Å². The molecule has 2 N–H and O–H groups in total. The summed E-state index contributed by atoms with van der Waals surface area (Å²) in [6, 6.07) is 16.6. The molecule has 3 aromatic rings. The highest BCUT2D eigenvalue weighted by Gasteiger charge is 2.29. The molecule has 0 spiro atoms. The number of halogens is 3. The van der Waals surface area contributed by atoms with Crippen molar-refractivity contribution in [2.45, 2.75) is 11.4 Å². The van der Waals surface area contributed by atoms with Gasteiger partial charge >= 0.3 is 0 Å². The van der Waals surface area contributed by atoms with E-state index in [1.54, 1.807) is 54.6 Å². The molecule has 30 heavy (non-hydrogen) atoms. The van der Waals surface area contributed by atoms with Gasteiger partial charge in [-0.15, -0.1) is 0 Å². The SMILES string of the molecule is O=S1(=O)NC(=NCc2ccc(Cl)cc2Cl)Nc2c(Oc3ccccc3Cl)cccc21. The van der Waals surface area contributed by atoms with Crippen LogP contribution in [-0.4, -0.2) is 14.4 Å². The second-order valence-electron chi connectivity index (χ2n) is 6.29. The number of guanidine groups is 1. The molecular weight excluding hydrogens is 469 g/mol. The van der Waals surface area contributed by atoms with Gasteiger partial charge in [-0.05, 0) is 42.0 Å². The van der Waals surface area contributed by atoms with Crippen molar-refractivity contribution in [1.82, 2.24) is 4.72 Å². The molecule has 0 atom stereocenters. The first-order chi connectivity index (χ1) is 14.3. The molecule has 0 aliphatic carbocycles. The molecule has 0 amide bonds. The van der Waals surface area contributed by atoms with Crippen LogP contribution in [0.5, 0.6) is 11.5 Å². The van der Waals surface area contributed by atoms with E-state index in [1.165, 1.54) is 6.07 Å². The van der Waals surface area contributed by atoms with Gasteiger partial charge in [0.25, 0.3) is 10.0 Å². The summed E-state index contributed by atoms with van der Waals surface area (Å²) in [5.74, 6) is 0.739. The van der Waals surface area contributed by atoms with Crippen molar-refractivity contribution in [1.29, 1.82) is 0 Å². The van der Waals surface area contributed by atoms with Crippen molar-refractivity contribution < 1.29 is 13.2 Å². The number of hydrogen-bond acceptors (Lipinski definition) is 4. The van der Waals surface area contributed by atoms with Crippen molar-refractivity contribution in [2.24, 2.45) is 4.99 Å². The Morgan fingerprint density at radius 3 is 2.43 bits per heavy atom. The molecule has 6 nitrogen and oxygen atoms in total. The van der Waals surface area contributed by atoms with Crippen LogP contribution in [0.2, 0.25) is 15.1 Å². The zero-order valence-corrected chi connectivity index (χ0v) is 18.3. The molecule has 0 aromatic heterocycles. The van der Waals surface area contributed by atoms with Gasteiger partial charge in [0.2, 0.25) is 5.96 Å². The maximum Gasteiger partial charge on any atom is 0.266 e. The van der Waals surface area contributed by atoms with E-state index in [4.69, 9.17) is 39.5 Å². The van der Waals surface area contributed by atoms with E-state index < -0.39 is 10.0 Å². The quantitative estimate of drug-likeness (QED) is 0.500. The lowest BCUT2D eigenvalue weighted by Gasteiger charge is -2.23. The Morgan fingerprint density at radius 2 is 1.67 bits per heavy atom. The normalized spacial score (nSPS) is 15.8. The number of fused-ring (bicyclic) bond motifs is 1. The van der Waals surface area contributed by atoms with E-state index in [2.05, 4.69) is 15.0 Å². The second-order valence-corrected chi connectivity index (χ2v) is 9.19. The van der Waals surface area contributed by atoms with Crippen LogP contribution in [0.4, 0.5) is 5.69 Å². The number of benzene rings is 3. The van der Waals surface area contributed by atoms with Crippen LogP contribution in [0.1, 0.15) is 5.56 Å². The summed E-state index contributed by atoms with van der Waals surface area (Å²) in [6.07, 6.45) is 0. The van der Waals surface area contributed by atoms with Gasteiger partial charge < -0.3 is 10.1 Å². The van der Waals surface area contributed by atoms with E-state index in [0.29, 0.717) is 32.1 Å². The van der Waals surface area contributed by atoms with Crippen molar-refractivity contribution in [3.63, 3.8) is 0 Å². The fourth-order valence-electron chi connectivity index (χ4n) is 2.80. The number of anilines is 1. The Kier molecular flexibility index (Phi) is 5.79. The minimum absolute atomic E-state index is 0.0375. The van der Waals surface area contributed by atoms with Crippen LogP contribution < -0.4 is 14.8 Å². The third-order valence-electron chi connectivity index (χ3n) is 4.23. The highest BCUT2D eigenvalue weighted by Crippen LogP contribution is 2.38. The molecule has 0 radical (unpaired) electrons. The van der Waals surface area contributed by atoms with Gasteiger partial charge in [0.15, 0.2) is 5.75 Å². The molecular formula is C20H14Cl3N3O3S. The van der Waals surface area contributed by atoms with Gasteiger partial charge in [-0.2, -0.15) is 0 Å². The molecule has 4 rings (SSSR count). The summed E-state index contributed by atoms with van der Waals surface area (Å²) in [7, 11) is -3.85. The summed E-state index contributed by atoms with van der Waals surface area (Å²) >= 11 is 18.2. The summed E-state index contributed by atoms with van der Waals surface area (Å²) in [5, 5.41) is 4.33. The highest BCUT2D eigenvalue weighted by molar-refractivity contribution is 7.90. The number of sulfonamides is 1. The third kappa shape index (κ3) is 4.34. The first-order valence-corrected chi connectivity index (χ1v) is 11.3. The van der Waals surface area contributed by atoms with E-state index in [9.17, 15) is 8.42 Å². The lowest BCUT2D eigenvalue weighted by Crippen LogP contribution is -2.40. The molecule has 0 unspecified atom stereocenters. The third-order valence-corrected chi connectivity index (χ3v) is 6.51. The van der Waals surface area contributed by atoms with Crippen molar-refractivity contribution in [2.75, 3.05) is 5.32 Å².